The molecule has 2 nitrogen and oxygen atoms in total. The fourth-order valence-corrected chi connectivity index (χ4v) is 3.05. The number of nitrogens with two attached hydrogens (primary N) is 1. The van der Waals surface area contributed by atoms with Gasteiger partial charge >= 0.3 is 0 Å². The van der Waals surface area contributed by atoms with Crippen molar-refractivity contribution in [1.29, 1.82) is 0 Å². The lowest BCUT2D eigenvalue weighted by atomic mass is 9.73. The fraction of sp³-hybridized carbons (Fsp3) is 0.643. The molecule has 2 N–H and O–H groups in total. The molecule has 1 aliphatic carbocycles. The van der Waals surface area contributed by atoms with Gasteiger partial charge in [0.2, 0.25) is 0 Å². The van der Waals surface area contributed by atoms with Crippen LogP contribution in [0.2, 0.25) is 0 Å². The molecule has 0 saturated heterocycles. The Morgan fingerprint density at radius 1 is 1.31 bits per heavy atom. The summed E-state index contributed by atoms with van der Waals surface area (Å²) in [7, 11) is 0. The van der Waals surface area contributed by atoms with Gasteiger partial charge in [-0.25, -0.2) is 0 Å². The van der Waals surface area contributed by atoms with Crippen LogP contribution in [0.3, 0.4) is 0 Å². The number of pyridine rings is 1. The van der Waals surface area contributed by atoms with Crippen LogP contribution in [0.5, 0.6) is 0 Å². The van der Waals surface area contributed by atoms with E-state index in [1.165, 1.54) is 37.7 Å². The van der Waals surface area contributed by atoms with E-state index < -0.39 is 0 Å². The second kappa shape index (κ2) is 5.44. The molecule has 3 unspecified atom stereocenters. The van der Waals surface area contributed by atoms with Gasteiger partial charge in [0.25, 0.3) is 0 Å². The highest BCUT2D eigenvalue weighted by Crippen LogP contribution is 2.38. The molecule has 3 atom stereocenters. The van der Waals surface area contributed by atoms with Crippen LogP contribution in [0, 0.1) is 11.8 Å². The molecule has 16 heavy (non-hydrogen) atoms. The molecule has 1 fully saturated rings. The van der Waals surface area contributed by atoms with Crippen LogP contribution >= 0.6 is 0 Å². The quantitative estimate of drug-likeness (QED) is 0.845. The SMILES string of the molecule is CCC1CCCCC1C(N)c1ccncc1. The number of nitrogens with zero attached hydrogens (tertiary/aromatic N) is 1. The van der Waals surface area contributed by atoms with Crippen molar-refractivity contribution >= 4 is 0 Å². The van der Waals surface area contributed by atoms with Crippen LogP contribution in [0.1, 0.15) is 50.6 Å². The van der Waals surface area contributed by atoms with Crippen LogP contribution in [-0.2, 0) is 0 Å². The van der Waals surface area contributed by atoms with E-state index in [9.17, 15) is 0 Å². The number of rotatable bonds is 3. The molecule has 88 valence electrons. The molecule has 1 saturated carbocycles. The minimum Gasteiger partial charge on any atom is -0.324 e. The van der Waals surface area contributed by atoms with E-state index in [4.69, 9.17) is 5.73 Å². The normalized spacial score (nSPS) is 27.6. The second-order valence-corrected chi connectivity index (χ2v) is 4.92. The van der Waals surface area contributed by atoms with Crippen molar-refractivity contribution in [2.45, 2.75) is 45.1 Å². The average Bonchev–Trinajstić information content (AvgIpc) is 2.39. The van der Waals surface area contributed by atoms with Gasteiger partial charge in [-0.1, -0.05) is 32.6 Å². The summed E-state index contributed by atoms with van der Waals surface area (Å²) in [6, 6.07) is 4.33. The van der Waals surface area contributed by atoms with Gasteiger partial charge in [-0.05, 0) is 36.0 Å². The molecule has 0 aromatic carbocycles. The van der Waals surface area contributed by atoms with Crippen LogP contribution in [0.25, 0.3) is 0 Å². The molecule has 1 heterocycles. The Morgan fingerprint density at radius 2 is 2.00 bits per heavy atom. The standard InChI is InChI=1S/C14H22N2/c1-2-11-5-3-4-6-13(11)14(15)12-7-9-16-10-8-12/h7-11,13-14H,2-6,15H2,1H3. The van der Waals surface area contributed by atoms with Gasteiger partial charge in [0, 0.05) is 18.4 Å². The Hall–Kier alpha value is -0.890. The summed E-state index contributed by atoms with van der Waals surface area (Å²) >= 11 is 0. The van der Waals surface area contributed by atoms with Gasteiger partial charge in [-0.2, -0.15) is 0 Å². The Kier molecular flexibility index (Phi) is 3.94. The van der Waals surface area contributed by atoms with E-state index in [0.29, 0.717) is 5.92 Å². The van der Waals surface area contributed by atoms with Gasteiger partial charge < -0.3 is 5.73 Å². The summed E-state index contributed by atoms with van der Waals surface area (Å²) in [5.41, 5.74) is 7.66. The first-order valence-corrected chi connectivity index (χ1v) is 6.48. The Morgan fingerprint density at radius 3 is 2.69 bits per heavy atom. The zero-order valence-electron chi connectivity index (χ0n) is 10.1. The molecule has 0 spiro atoms. The first-order valence-electron chi connectivity index (χ1n) is 6.48. The highest BCUT2D eigenvalue weighted by molar-refractivity contribution is 5.16. The smallest absolute Gasteiger partial charge is 0.0327 e. The van der Waals surface area contributed by atoms with Crippen LogP contribution < -0.4 is 5.73 Å². The van der Waals surface area contributed by atoms with Crippen molar-refractivity contribution in [3.05, 3.63) is 30.1 Å². The lowest BCUT2D eigenvalue weighted by Crippen LogP contribution is -2.30. The zero-order valence-corrected chi connectivity index (χ0v) is 10.1. The predicted octanol–water partition coefficient (Wildman–Crippen LogP) is 3.30. The average molecular weight is 218 g/mol. The molecule has 0 radical (unpaired) electrons. The van der Waals surface area contributed by atoms with Crippen molar-refractivity contribution < 1.29 is 0 Å². The molecule has 1 aromatic heterocycles. The van der Waals surface area contributed by atoms with E-state index in [-0.39, 0.29) is 6.04 Å². The van der Waals surface area contributed by atoms with E-state index >= 15 is 0 Å². The number of hydrogen-bond acceptors (Lipinski definition) is 2. The predicted molar refractivity (Wildman–Crippen MR) is 66.9 cm³/mol. The maximum atomic E-state index is 6.41. The largest absolute Gasteiger partial charge is 0.324 e. The van der Waals surface area contributed by atoms with Gasteiger partial charge in [0.1, 0.15) is 0 Å². The molecule has 1 aliphatic rings. The summed E-state index contributed by atoms with van der Waals surface area (Å²) < 4.78 is 0. The number of aromatic nitrogens is 1. The van der Waals surface area contributed by atoms with Crippen molar-refractivity contribution in [3.63, 3.8) is 0 Å². The third kappa shape index (κ3) is 2.43. The summed E-state index contributed by atoms with van der Waals surface area (Å²) in [5, 5.41) is 0. The van der Waals surface area contributed by atoms with E-state index in [2.05, 4.69) is 24.0 Å². The number of hydrogen-bond donors (Lipinski definition) is 1. The fourth-order valence-electron chi connectivity index (χ4n) is 3.05. The molecule has 2 heteroatoms. The van der Waals surface area contributed by atoms with Crippen molar-refractivity contribution in [1.82, 2.24) is 4.98 Å². The van der Waals surface area contributed by atoms with E-state index in [1.807, 2.05) is 12.4 Å². The Balaban J connectivity index is 2.10. The molecule has 0 amide bonds. The zero-order chi connectivity index (χ0) is 11.4. The van der Waals surface area contributed by atoms with Gasteiger partial charge in [-0.15, -0.1) is 0 Å². The lowest BCUT2D eigenvalue weighted by molar-refractivity contribution is 0.196. The van der Waals surface area contributed by atoms with Crippen molar-refractivity contribution in [3.8, 4) is 0 Å². The maximum Gasteiger partial charge on any atom is 0.0327 e. The molecule has 0 aliphatic heterocycles. The third-order valence-electron chi connectivity index (χ3n) is 4.04. The summed E-state index contributed by atoms with van der Waals surface area (Å²) in [5.74, 6) is 1.48. The Labute approximate surface area is 98.3 Å². The van der Waals surface area contributed by atoms with Crippen LogP contribution in [-0.4, -0.2) is 4.98 Å². The van der Waals surface area contributed by atoms with Gasteiger partial charge in [-0.3, -0.25) is 4.98 Å². The summed E-state index contributed by atoms with van der Waals surface area (Å²) in [6.45, 7) is 2.29. The Bertz CT molecular complexity index is 310. The molecule has 2 rings (SSSR count). The van der Waals surface area contributed by atoms with Crippen LogP contribution in [0.4, 0.5) is 0 Å². The van der Waals surface area contributed by atoms with Crippen molar-refractivity contribution in [2.24, 2.45) is 17.6 Å². The topological polar surface area (TPSA) is 38.9 Å². The molecular weight excluding hydrogens is 196 g/mol. The van der Waals surface area contributed by atoms with Crippen molar-refractivity contribution in [2.75, 3.05) is 0 Å². The molecule has 1 aromatic rings. The van der Waals surface area contributed by atoms with E-state index in [0.717, 1.165) is 5.92 Å². The molecular formula is C14H22N2. The van der Waals surface area contributed by atoms with Gasteiger partial charge in [0.05, 0.1) is 0 Å². The summed E-state index contributed by atoms with van der Waals surface area (Å²) in [6.07, 6.45) is 10.3. The second-order valence-electron chi connectivity index (χ2n) is 4.92. The first kappa shape index (κ1) is 11.6. The minimum atomic E-state index is 0.202. The lowest BCUT2D eigenvalue weighted by Gasteiger charge is -2.35. The highest BCUT2D eigenvalue weighted by atomic mass is 14.7. The maximum absolute atomic E-state index is 6.41. The van der Waals surface area contributed by atoms with E-state index in [1.54, 1.807) is 0 Å². The molecule has 0 bridgehead atoms. The highest BCUT2D eigenvalue weighted by Gasteiger charge is 2.29. The van der Waals surface area contributed by atoms with Crippen LogP contribution in [0.15, 0.2) is 24.5 Å². The third-order valence-corrected chi connectivity index (χ3v) is 4.04. The summed E-state index contributed by atoms with van der Waals surface area (Å²) in [4.78, 5) is 4.06. The minimum absolute atomic E-state index is 0.202. The monoisotopic (exact) mass is 218 g/mol. The van der Waals surface area contributed by atoms with Gasteiger partial charge in [0.15, 0.2) is 0 Å². The first-order chi connectivity index (χ1) is 7.83.